The number of nitrogens with one attached hydrogen (secondary N) is 1. The van der Waals surface area contributed by atoms with Crippen molar-refractivity contribution in [2.45, 2.75) is 19.5 Å². The number of hydrogen-bond acceptors (Lipinski definition) is 4. The predicted octanol–water partition coefficient (Wildman–Crippen LogP) is 4.68. The van der Waals surface area contributed by atoms with Gasteiger partial charge in [0.1, 0.15) is 0 Å². The summed E-state index contributed by atoms with van der Waals surface area (Å²) in [5.41, 5.74) is 8.04. The topological polar surface area (TPSA) is 90.0 Å². The van der Waals surface area contributed by atoms with E-state index in [0.717, 1.165) is 34.3 Å². The summed E-state index contributed by atoms with van der Waals surface area (Å²) in [7, 11) is 1.68. The van der Waals surface area contributed by atoms with E-state index in [2.05, 4.69) is 10.3 Å². The average Bonchev–Trinajstić information content (AvgIpc) is 2.83. The first-order valence-electron chi connectivity index (χ1n) is 10.9. The Labute approximate surface area is 199 Å². The van der Waals surface area contributed by atoms with E-state index in [9.17, 15) is 22.8 Å². The van der Waals surface area contributed by atoms with Crippen molar-refractivity contribution in [3.8, 4) is 11.1 Å². The van der Waals surface area contributed by atoms with E-state index in [1.165, 1.54) is 12.1 Å². The number of fused-ring (bicyclic) bond motifs is 1. The van der Waals surface area contributed by atoms with Crippen LogP contribution in [-0.4, -0.2) is 22.0 Å². The first-order chi connectivity index (χ1) is 16.6. The van der Waals surface area contributed by atoms with Gasteiger partial charge in [-0.05, 0) is 67.1 Å². The second-order valence-electron chi connectivity index (χ2n) is 8.26. The fourth-order valence-corrected chi connectivity index (χ4v) is 3.91. The van der Waals surface area contributed by atoms with Crippen LogP contribution in [0, 0.1) is 6.92 Å². The molecule has 1 amide bonds. The molecule has 9 heteroatoms. The second-order valence-corrected chi connectivity index (χ2v) is 8.26. The summed E-state index contributed by atoms with van der Waals surface area (Å²) in [5.74, 6) is -0.686. The van der Waals surface area contributed by atoms with E-state index in [-0.39, 0.29) is 11.1 Å². The molecule has 0 fully saturated rings. The number of hydrogen-bond donors (Lipinski definition) is 2. The quantitative estimate of drug-likeness (QED) is 0.434. The van der Waals surface area contributed by atoms with Gasteiger partial charge in [-0.2, -0.15) is 13.2 Å². The van der Waals surface area contributed by atoms with Crippen molar-refractivity contribution in [2.75, 3.05) is 11.9 Å². The molecule has 2 heterocycles. The molecule has 180 valence electrons. The van der Waals surface area contributed by atoms with Gasteiger partial charge in [-0.15, -0.1) is 0 Å². The normalized spacial score (nSPS) is 11.6. The van der Waals surface area contributed by atoms with Crippen LogP contribution in [-0.2, 0) is 19.6 Å². The molecule has 6 nitrogen and oxygen atoms in total. The number of pyridine rings is 2. The highest BCUT2D eigenvalue weighted by molar-refractivity contribution is 6.04. The molecule has 0 unspecified atom stereocenters. The summed E-state index contributed by atoms with van der Waals surface area (Å²) in [4.78, 5) is 30.3. The van der Waals surface area contributed by atoms with Crippen LogP contribution in [0.15, 0.2) is 65.6 Å². The van der Waals surface area contributed by atoms with Gasteiger partial charge >= 0.3 is 6.18 Å². The zero-order chi connectivity index (χ0) is 25.3. The van der Waals surface area contributed by atoms with Crippen LogP contribution in [0.3, 0.4) is 0 Å². The van der Waals surface area contributed by atoms with Gasteiger partial charge in [0.05, 0.1) is 11.1 Å². The van der Waals surface area contributed by atoms with Gasteiger partial charge in [0.25, 0.3) is 11.5 Å². The Hall–Kier alpha value is -3.98. The van der Waals surface area contributed by atoms with Gasteiger partial charge in [-0.3, -0.25) is 14.6 Å². The first kappa shape index (κ1) is 24.2. The molecule has 4 aromatic rings. The van der Waals surface area contributed by atoms with Crippen molar-refractivity contribution in [2.24, 2.45) is 12.8 Å². The van der Waals surface area contributed by atoms with Gasteiger partial charge in [-0.1, -0.05) is 12.1 Å². The van der Waals surface area contributed by atoms with Gasteiger partial charge in [0.2, 0.25) is 0 Å². The molecule has 35 heavy (non-hydrogen) atoms. The SMILES string of the molecule is Cc1ccc(NC(=O)c2cccc(C(F)(F)F)c2)cc1-c1cc2cnc(CCN)cc2n(C)c1=O. The summed E-state index contributed by atoms with van der Waals surface area (Å²) in [6, 6.07) is 12.8. The number of nitrogens with two attached hydrogens (primary N) is 1. The highest BCUT2D eigenvalue weighted by Gasteiger charge is 2.30. The number of aromatic nitrogens is 2. The van der Waals surface area contributed by atoms with Crippen LogP contribution >= 0.6 is 0 Å². The molecule has 0 saturated carbocycles. The molecule has 0 aliphatic rings. The van der Waals surface area contributed by atoms with E-state index in [0.29, 0.717) is 29.8 Å². The zero-order valence-electron chi connectivity index (χ0n) is 19.1. The fraction of sp³-hybridized carbons (Fsp3) is 0.192. The lowest BCUT2D eigenvalue weighted by atomic mass is 9.99. The summed E-state index contributed by atoms with van der Waals surface area (Å²) in [5, 5.41) is 3.39. The summed E-state index contributed by atoms with van der Waals surface area (Å²) >= 11 is 0. The number of alkyl halides is 3. The van der Waals surface area contributed by atoms with E-state index >= 15 is 0 Å². The third-order valence-corrected chi connectivity index (χ3v) is 5.80. The minimum Gasteiger partial charge on any atom is -0.330 e. The van der Waals surface area contributed by atoms with Crippen molar-refractivity contribution in [3.05, 3.63) is 93.5 Å². The Morgan fingerprint density at radius 2 is 1.86 bits per heavy atom. The van der Waals surface area contributed by atoms with Crippen molar-refractivity contribution in [3.63, 3.8) is 0 Å². The maximum atomic E-state index is 13.2. The third-order valence-electron chi connectivity index (χ3n) is 5.80. The number of halogens is 3. The molecule has 3 N–H and O–H groups in total. The molecule has 0 aliphatic heterocycles. The molecule has 0 aliphatic carbocycles. The minimum absolute atomic E-state index is 0.122. The first-order valence-corrected chi connectivity index (χ1v) is 10.9. The number of carbonyl (C=O) groups excluding carboxylic acids is 1. The van der Waals surface area contributed by atoms with Crippen molar-refractivity contribution < 1.29 is 18.0 Å². The highest BCUT2D eigenvalue weighted by atomic mass is 19.4. The highest BCUT2D eigenvalue weighted by Crippen LogP contribution is 2.30. The summed E-state index contributed by atoms with van der Waals surface area (Å²) < 4.78 is 40.6. The standard InChI is InChI=1S/C26H23F3N4O2/c1-15-6-7-20(32-24(34)16-4-3-5-18(10-16)26(27,28)29)12-21(15)22-11-17-14-31-19(8-9-30)13-23(17)33(2)25(22)35/h3-7,10-14H,8-9,30H2,1-2H3,(H,32,34). The van der Waals surface area contributed by atoms with Gasteiger partial charge in [0, 0.05) is 47.6 Å². The third kappa shape index (κ3) is 4.95. The predicted molar refractivity (Wildman–Crippen MR) is 129 cm³/mol. The van der Waals surface area contributed by atoms with E-state index in [1.54, 1.807) is 42.1 Å². The number of rotatable bonds is 5. The van der Waals surface area contributed by atoms with Gasteiger partial charge in [-0.25, -0.2) is 0 Å². The van der Waals surface area contributed by atoms with Crippen LogP contribution in [0.25, 0.3) is 22.0 Å². The van der Waals surface area contributed by atoms with Crippen molar-refractivity contribution >= 4 is 22.5 Å². The number of amides is 1. The van der Waals surface area contributed by atoms with E-state index in [1.807, 2.05) is 13.0 Å². The second kappa shape index (κ2) is 9.34. The summed E-state index contributed by atoms with van der Waals surface area (Å²) in [6.45, 7) is 2.28. The van der Waals surface area contributed by atoms with E-state index in [4.69, 9.17) is 5.73 Å². The molecule has 4 rings (SSSR count). The van der Waals surface area contributed by atoms with Crippen LogP contribution in [0.5, 0.6) is 0 Å². The molecular weight excluding hydrogens is 457 g/mol. The van der Waals surface area contributed by atoms with Crippen LogP contribution in [0.1, 0.15) is 27.2 Å². The van der Waals surface area contributed by atoms with Gasteiger partial charge in [0.15, 0.2) is 0 Å². The molecule has 0 saturated heterocycles. The molecule has 0 atom stereocenters. The van der Waals surface area contributed by atoms with Crippen LogP contribution in [0.4, 0.5) is 18.9 Å². The largest absolute Gasteiger partial charge is 0.416 e. The number of aryl methyl sites for hydroxylation is 2. The minimum atomic E-state index is -4.55. The lowest BCUT2D eigenvalue weighted by Crippen LogP contribution is -2.20. The molecular formula is C26H23F3N4O2. The Balaban J connectivity index is 1.71. The van der Waals surface area contributed by atoms with Crippen LogP contribution in [0.2, 0.25) is 0 Å². The van der Waals surface area contributed by atoms with Crippen molar-refractivity contribution in [1.29, 1.82) is 0 Å². The lowest BCUT2D eigenvalue weighted by Gasteiger charge is -2.14. The molecule has 2 aromatic heterocycles. The smallest absolute Gasteiger partial charge is 0.330 e. The molecule has 0 bridgehead atoms. The maximum Gasteiger partial charge on any atom is 0.416 e. The number of carbonyl (C=O) groups is 1. The zero-order valence-corrected chi connectivity index (χ0v) is 19.1. The van der Waals surface area contributed by atoms with Crippen LogP contribution < -0.4 is 16.6 Å². The Morgan fingerprint density at radius 1 is 1.09 bits per heavy atom. The lowest BCUT2D eigenvalue weighted by molar-refractivity contribution is -0.137. The molecule has 0 radical (unpaired) electrons. The fourth-order valence-electron chi connectivity index (χ4n) is 3.91. The average molecular weight is 480 g/mol. The number of anilines is 1. The van der Waals surface area contributed by atoms with E-state index < -0.39 is 17.6 Å². The monoisotopic (exact) mass is 480 g/mol. The number of nitrogens with zero attached hydrogens (tertiary/aromatic N) is 2. The Kier molecular flexibility index (Phi) is 6.45. The molecule has 2 aromatic carbocycles. The van der Waals surface area contributed by atoms with Gasteiger partial charge < -0.3 is 15.6 Å². The number of benzene rings is 2. The van der Waals surface area contributed by atoms with Crippen molar-refractivity contribution in [1.82, 2.24) is 9.55 Å². The Morgan fingerprint density at radius 3 is 2.57 bits per heavy atom. The Bertz CT molecular complexity index is 1490. The summed E-state index contributed by atoms with van der Waals surface area (Å²) in [6.07, 6.45) is -2.26. The maximum absolute atomic E-state index is 13.2. The molecule has 0 spiro atoms.